The standard InChI is InChI=1S/C30H31NO6/c1-5-35-22-14-10-20(11-15-22)27-26(29(33)30(34)31(27)21-12-8-19(4)9-13-21)28(32)24-17-16-23(36-6-2)18-25(24)37-7-3/h8-18,27,32H,5-7H2,1-4H3/b28-26-. The number of ketones is 1. The second kappa shape index (κ2) is 11.2. The van der Waals surface area contributed by atoms with Crippen molar-refractivity contribution in [2.75, 3.05) is 24.7 Å². The van der Waals surface area contributed by atoms with Crippen molar-refractivity contribution < 1.29 is 28.9 Å². The third-order valence-corrected chi connectivity index (χ3v) is 6.08. The quantitative estimate of drug-likeness (QED) is 0.226. The third kappa shape index (κ3) is 5.16. The molecule has 0 radical (unpaired) electrons. The molecule has 3 aromatic carbocycles. The molecule has 0 spiro atoms. The minimum Gasteiger partial charge on any atom is -0.507 e. The lowest BCUT2D eigenvalue weighted by atomic mass is 9.94. The highest BCUT2D eigenvalue weighted by Crippen LogP contribution is 2.44. The summed E-state index contributed by atoms with van der Waals surface area (Å²) < 4.78 is 16.9. The molecule has 1 amide bonds. The van der Waals surface area contributed by atoms with E-state index in [4.69, 9.17) is 14.2 Å². The van der Waals surface area contributed by atoms with E-state index in [2.05, 4.69) is 0 Å². The fourth-order valence-electron chi connectivity index (χ4n) is 4.41. The molecule has 1 unspecified atom stereocenters. The number of Topliss-reactive ketones (excluding diaryl/α,β-unsaturated/α-hetero) is 1. The van der Waals surface area contributed by atoms with Crippen LogP contribution in [0.25, 0.3) is 5.76 Å². The van der Waals surface area contributed by atoms with E-state index in [0.717, 1.165) is 5.56 Å². The van der Waals surface area contributed by atoms with Crippen LogP contribution in [0.15, 0.2) is 72.3 Å². The van der Waals surface area contributed by atoms with Gasteiger partial charge in [-0.05, 0) is 69.7 Å². The summed E-state index contributed by atoms with van der Waals surface area (Å²) in [4.78, 5) is 28.3. The fraction of sp³-hybridized carbons (Fsp3) is 0.267. The van der Waals surface area contributed by atoms with Gasteiger partial charge >= 0.3 is 0 Å². The number of carbonyl (C=O) groups is 2. The Morgan fingerprint density at radius 2 is 1.41 bits per heavy atom. The van der Waals surface area contributed by atoms with E-state index in [1.165, 1.54) is 4.90 Å². The summed E-state index contributed by atoms with van der Waals surface area (Å²) in [5, 5.41) is 11.6. The van der Waals surface area contributed by atoms with Gasteiger partial charge < -0.3 is 19.3 Å². The molecule has 1 aliphatic rings. The van der Waals surface area contributed by atoms with Crippen molar-refractivity contribution in [3.63, 3.8) is 0 Å². The number of anilines is 1. The predicted molar refractivity (Wildman–Crippen MR) is 142 cm³/mol. The summed E-state index contributed by atoms with van der Waals surface area (Å²) in [6.45, 7) is 8.87. The van der Waals surface area contributed by atoms with E-state index in [1.54, 1.807) is 54.6 Å². The van der Waals surface area contributed by atoms with Gasteiger partial charge in [-0.25, -0.2) is 0 Å². The highest BCUT2D eigenvalue weighted by molar-refractivity contribution is 6.51. The fourth-order valence-corrected chi connectivity index (χ4v) is 4.41. The van der Waals surface area contributed by atoms with E-state index in [0.29, 0.717) is 53.9 Å². The highest BCUT2D eigenvalue weighted by Gasteiger charge is 2.47. The highest BCUT2D eigenvalue weighted by atomic mass is 16.5. The number of nitrogens with zero attached hydrogens (tertiary/aromatic N) is 1. The van der Waals surface area contributed by atoms with Crippen LogP contribution in [-0.2, 0) is 9.59 Å². The Kier molecular flexibility index (Phi) is 7.82. The first kappa shape index (κ1) is 25.8. The number of hydrogen-bond donors (Lipinski definition) is 1. The van der Waals surface area contributed by atoms with Gasteiger partial charge in [0.05, 0.1) is 37.0 Å². The van der Waals surface area contributed by atoms with Gasteiger partial charge in [-0.1, -0.05) is 29.8 Å². The summed E-state index contributed by atoms with van der Waals surface area (Å²) in [5.41, 5.74) is 2.53. The molecule has 0 aromatic heterocycles. The van der Waals surface area contributed by atoms with Crippen molar-refractivity contribution in [1.29, 1.82) is 0 Å². The molecule has 7 nitrogen and oxygen atoms in total. The Morgan fingerprint density at radius 3 is 2.03 bits per heavy atom. The lowest BCUT2D eigenvalue weighted by Gasteiger charge is -2.26. The van der Waals surface area contributed by atoms with Gasteiger partial charge in [-0.2, -0.15) is 0 Å². The smallest absolute Gasteiger partial charge is 0.300 e. The number of aliphatic hydroxyl groups excluding tert-OH is 1. The molecular formula is C30H31NO6. The van der Waals surface area contributed by atoms with Gasteiger partial charge in [0.25, 0.3) is 11.7 Å². The number of ether oxygens (including phenoxy) is 3. The summed E-state index contributed by atoms with van der Waals surface area (Å²) in [6.07, 6.45) is 0. The first-order valence-corrected chi connectivity index (χ1v) is 12.4. The van der Waals surface area contributed by atoms with E-state index in [9.17, 15) is 14.7 Å². The van der Waals surface area contributed by atoms with Crippen molar-refractivity contribution in [2.45, 2.75) is 33.7 Å². The second-order valence-electron chi connectivity index (χ2n) is 8.53. The normalized spacial score (nSPS) is 16.6. The average Bonchev–Trinajstić information content (AvgIpc) is 3.16. The van der Waals surface area contributed by atoms with Crippen LogP contribution in [0.3, 0.4) is 0 Å². The first-order chi connectivity index (χ1) is 17.9. The molecule has 7 heteroatoms. The first-order valence-electron chi connectivity index (χ1n) is 12.4. The van der Waals surface area contributed by atoms with Crippen molar-refractivity contribution in [3.05, 3.63) is 89.0 Å². The maximum Gasteiger partial charge on any atom is 0.300 e. The van der Waals surface area contributed by atoms with E-state index < -0.39 is 17.7 Å². The third-order valence-electron chi connectivity index (χ3n) is 6.08. The Labute approximate surface area is 216 Å². The molecule has 1 atom stereocenters. The zero-order valence-electron chi connectivity index (χ0n) is 21.5. The van der Waals surface area contributed by atoms with Gasteiger partial charge in [-0.3, -0.25) is 14.5 Å². The van der Waals surface area contributed by atoms with Gasteiger partial charge in [0.1, 0.15) is 23.0 Å². The Hall–Kier alpha value is -4.26. The maximum atomic E-state index is 13.5. The van der Waals surface area contributed by atoms with Gasteiger partial charge in [0.15, 0.2) is 0 Å². The van der Waals surface area contributed by atoms with Crippen LogP contribution in [0.4, 0.5) is 5.69 Å². The molecule has 0 bridgehead atoms. The lowest BCUT2D eigenvalue weighted by Crippen LogP contribution is -2.29. The predicted octanol–water partition coefficient (Wildman–Crippen LogP) is 5.82. The lowest BCUT2D eigenvalue weighted by molar-refractivity contribution is -0.132. The molecule has 4 rings (SSSR count). The van der Waals surface area contributed by atoms with Crippen LogP contribution in [0.2, 0.25) is 0 Å². The molecule has 1 aliphatic heterocycles. The Bertz CT molecular complexity index is 1310. The molecule has 37 heavy (non-hydrogen) atoms. The summed E-state index contributed by atoms with van der Waals surface area (Å²) in [5.74, 6) is -0.188. The largest absolute Gasteiger partial charge is 0.507 e. The summed E-state index contributed by atoms with van der Waals surface area (Å²) in [7, 11) is 0. The van der Waals surface area contributed by atoms with Crippen molar-refractivity contribution in [3.8, 4) is 17.2 Å². The molecule has 1 saturated heterocycles. The number of benzene rings is 3. The number of aryl methyl sites for hydroxylation is 1. The number of hydrogen-bond acceptors (Lipinski definition) is 6. The van der Waals surface area contributed by atoms with Crippen LogP contribution in [0.5, 0.6) is 17.2 Å². The zero-order valence-corrected chi connectivity index (χ0v) is 21.5. The molecule has 0 saturated carbocycles. The Balaban J connectivity index is 1.91. The minimum absolute atomic E-state index is 0.0140. The summed E-state index contributed by atoms with van der Waals surface area (Å²) >= 11 is 0. The van der Waals surface area contributed by atoms with Crippen molar-refractivity contribution in [1.82, 2.24) is 0 Å². The monoisotopic (exact) mass is 501 g/mol. The molecule has 1 heterocycles. The van der Waals surface area contributed by atoms with E-state index >= 15 is 0 Å². The molecule has 1 fully saturated rings. The van der Waals surface area contributed by atoms with E-state index in [-0.39, 0.29) is 11.3 Å². The van der Waals surface area contributed by atoms with Crippen molar-refractivity contribution >= 4 is 23.1 Å². The molecule has 0 aliphatic carbocycles. The van der Waals surface area contributed by atoms with Crippen LogP contribution in [-0.4, -0.2) is 36.6 Å². The van der Waals surface area contributed by atoms with Gasteiger partial charge in [0, 0.05) is 11.8 Å². The minimum atomic E-state index is -0.848. The number of aliphatic hydroxyl groups is 1. The number of amides is 1. The van der Waals surface area contributed by atoms with Crippen LogP contribution >= 0.6 is 0 Å². The van der Waals surface area contributed by atoms with Crippen LogP contribution in [0, 0.1) is 6.92 Å². The summed E-state index contributed by atoms with van der Waals surface area (Å²) in [6, 6.07) is 18.7. The van der Waals surface area contributed by atoms with Gasteiger partial charge in [-0.15, -0.1) is 0 Å². The van der Waals surface area contributed by atoms with E-state index in [1.807, 2.05) is 39.8 Å². The molecular weight excluding hydrogens is 470 g/mol. The number of carbonyl (C=O) groups excluding carboxylic acids is 2. The molecule has 3 aromatic rings. The topological polar surface area (TPSA) is 85.3 Å². The zero-order chi connectivity index (χ0) is 26.5. The van der Waals surface area contributed by atoms with Crippen molar-refractivity contribution in [2.24, 2.45) is 0 Å². The number of rotatable bonds is 9. The molecule has 1 N–H and O–H groups in total. The van der Waals surface area contributed by atoms with Crippen LogP contribution in [0.1, 0.15) is 43.5 Å². The Morgan fingerprint density at radius 1 is 0.811 bits per heavy atom. The van der Waals surface area contributed by atoms with Gasteiger partial charge in [0.2, 0.25) is 0 Å². The molecule has 192 valence electrons. The second-order valence-corrected chi connectivity index (χ2v) is 8.53. The maximum absolute atomic E-state index is 13.5. The average molecular weight is 502 g/mol. The van der Waals surface area contributed by atoms with Crippen LogP contribution < -0.4 is 19.1 Å². The SMILES string of the molecule is CCOc1ccc(C2/C(=C(/O)c3ccc(OCC)cc3OCC)C(=O)C(=O)N2c2ccc(C)cc2)cc1.